The van der Waals surface area contributed by atoms with Crippen LogP contribution in [0.3, 0.4) is 0 Å². The van der Waals surface area contributed by atoms with Crippen molar-refractivity contribution in [3.63, 3.8) is 0 Å². The molecule has 1 aromatic heterocycles. The molecule has 0 amide bonds. The summed E-state index contributed by atoms with van der Waals surface area (Å²) in [6, 6.07) is 9.84. The Labute approximate surface area is 241 Å². The number of nitrogens with one attached hydrogen (secondary N) is 1. The Morgan fingerprint density at radius 3 is 2.32 bits per heavy atom. The number of aromatic nitrogens is 2. The zero-order chi connectivity index (χ0) is 30.4. The number of nitrogens with zero attached hydrogens (tertiary/aromatic N) is 2. The summed E-state index contributed by atoms with van der Waals surface area (Å²) in [5.74, 6) is -1.58. The van der Waals surface area contributed by atoms with Crippen LogP contribution in [-0.4, -0.2) is 55.9 Å². The van der Waals surface area contributed by atoms with Gasteiger partial charge in [-0.05, 0) is 35.2 Å². The van der Waals surface area contributed by atoms with Crippen molar-refractivity contribution in [2.45, 2.75) is 38.0 Å². The maximum Gasteiger partial charge on any atom is 0.513 e. The third-order valence-corrected chi connectivity index (χ3v) is 6.90. The van der Waals surface area contributed by atoms with Crippen LogP contribution in [0.1, 0.15) is 33.3 Å². The minimum absolute atomic E-state index is 0.00123. The molecular weight excluding hydrogens is 582 g/mol. The number of hydrogen-bond acceptors (Lipinski definition) is 11. The first-order valence-corrected chi connectivity index (χ1v) is 13.8. The Bertz CT molecular complexity index is 1520. The Morgan fingerprint density at radius 2 is 1.73 bits per heavy atom. The standard InChI is InChI=1S/C26H28ClN3O10S/c1-15(31)37-12-13-38-23-21(39-20-14-17(36-5)8-11-19(20)27)22(28-24(29-23)40-25(32)33)30-41(34,35)18-9-6-16(7-10-18)26(2,3)4/h6-11,14H,12-13H2,1-5H3,(H,32,33)(H,28,29,30). The number of carbonyl (C=O) groups excluding carboxylic acids is 1. The number of methoxy groups -OCH3 is 1. The van der Waals surface area contributed by atoms with Crippen molar-refractivity contribution in [1.82, 2.24) is 9.97 Å². The lowest BCUT2D eigenvalue weighted by molar-refractivity contribution is -0.141. The van der Waals surface area contributed by atoms with E-state index in [4.69, 9.17) is 35.7 Å². The molecule has 3 aromatic rings. The zero-order valence-electron chi connectivity index (χ0n) is 22.8. The second-order valence-electron chi connectivity index (χ2n) is 9.32. The number of hydrogen-bond donors (Lipinski definition) is 2. The molecule has 0 bridgehead atoms. The summed E-state index contributed by atoms with van der Waals surface area (Å²) in [6.07, 6.45) is -1.77. The second kappa shape index (κ2) is 12.9. The van der Waals surface area contributed by atoms with Gasteiger partial charge in [-0.1, -0.05) is 44.5 Å². The van der Waals surface area contributed by atoms with Gasteiger partial charge in [-0.15, -0.1) is 0 Å². The summed E-state index contributed by atoms with van der Waals surface area (Å²) in [5.41, 5.74) is 0.677. The average Bonchev–Trinajstić information content (AvgIpc) is 2.88. The van der Waals surface area contributed by atoms with Gasteiger partial charge >= 0.3 is 18.1 Å². The van der Waals surface area contributed by atoms with E-state index in [1.165, 1.54) is 38.3 Å². The van der Waals surface area contributed by atoms with Gasteiger partial charge in [-0.2, -0.15) is 9.97 Å². The molecule has 0 saturated heterocycles. The Kier molecular flexibility index (Phi) is 9.83. The van der Waals surface area contributed by atoms with E-state index in [1.807, 2.05) is 20.8 Å². The molecule has 2 aromatic carbocycles. The van der Waals surface area contributed by atoms with Gasteiger partial charge in [0.25, 0.3) is 15.9 Å². The van der Waals surface area contributed by atoms with Crippen LogP contribution in [-0.2, 0) is 25.0 Å². The third kappa shape index (κ3) is 8.59. The summed E-state index contributed by atoms with van der Waals surface area (Å²) in [7, 11) is -2.90. The SMILES string of the molecule is COc1ccc(Cl)c(Oc2c(NS(=O)(=O)c3ccc(C(C)(C)C)cc3)nc(OC(=O)O)nc2OCCOC(C)=O)c1. The van der Waals surface area contributed by atoms with Crippen LogP contribution in [0.2, 0.25) is 5.02 Å². The lowest BCUT2D eigenvalue weighted by Crippen LogP contribution is -2.18. The van der Waals surface area contributed by atoms with Gasteiger partial charge in [0.1, 0.15) is 24.7 Å². The Balaban J connectivity index is 2.12. The van der Waals surface area contributed by atoms with E-state index in [0.717, 1.165) is 5.56 Å². The van der Waals surface area contributed by atoms with Gasteiger partial charge in [0, 0.05) is 13.0 Å². The van der Waals surface area contributed by atoms with E-state index >= 15 is 0 Å². The number of carbonyl (C=O) groups is 2. The van der Waals surface area contributed by atoms with Crippen molar-refractivity contribution in [3.8, 4) is 29.1 Å². The molecule has 15 heteroatoms. The molecule has 0 aliphatic heterocycles. The topological polar surface area (TPSA) is 172 Å². The first-order valence-electron chi connectivity index (χ1n) is 11.9. The molecule has 2 N–H and O–H groups in total. The van der Waals surface area contributed by atoms with Gasteiger partial charge in [0.2, 0.25) is 5.75 Å². The quantitative estimate of drug-likeness (QED) is 0.220. The maximum absolute atomic E-state index is 13.4. The highest BCUT2D eigenvalue weighted by molar-refractivity contribution is 7.92. The Morgan fingerprint density at radius 1 is 1.05 bits per heavy atom. The molecule has 0 atom stereocenters. The Hall–Kier alpha value is -4.30. The van der Waals surface area contributed by atoms with Crippen molar-refractivity contribution in [2.75, 3.05) is 25.0 Å². The van der Waals surface area contributed by atoms with E-state index in [0.29, 0.717) is 5.75 Å². The van der Waals surface area contributed by atoms with E-state index in [1.54, 1.807) is 18.2 Å². The number of sulfonamides is 1. The highest BCUT2D eigenvalue weighted by Gasteiger charge is 2.26. The summed E-state index contributed by atoms with van der Waals surface area (Å²) in [4.78, 5) is 30.0. The number of halogens is 1. The molecule has 0 unspecified atom stereocenters. The highest BCUT2D eigenvalue weighted by atomic mass is 35.5. The number of ether oxygens (including phenoxy) is 5. The molecule has 220 valence electrons. The van der Waals surface area contributed by atoms with Crippen molar-refractivity contribution >= 4 is 39.6 Å². The van der Waals surface area contributed by atoms with E-state index in [9.17, 15) is 18.0 Å². The van der Waals surface area contributed by atoms with Gasteiger partial charge < -0.3 is 28.8 Å². The van der Waals surface area contributed by atoms with Crippen LogP contribution in [0.25, 0.3) is 0 Å². The number of esters is 1. The van der Waals surface area contributed by atoms with Crippen LogP contribution in [0, 0.1) is 0 Å². The lowest BCUT2D eigenvalue weighted by Gasteiger charge is -2.20. The minimum Gasteiger partial charge on any atom is -0.497 e. The zero-order valence-corrected chi connectivity index (χ0v) is 24.3. The number of anilines is 1. The molecule has 13 nitrogen and oxygen atoms in total. The summed E-state index contributed by atoms with van der Waals surface area (Å²) >= 11 is 6.29. The number of benzene rings is 2. The molecule has 0 fully saturated rings. The normalized spacial score (nSPS) is 11.4. The van der Waals surface area contributed by atoms with Crippen LogP contribution >= 0.6 is 11.6 Å². The fraction of sp³-hybridized carbons (Fsp3) is 0.308. The monoisotopic (exact) mass is 609 g/mol. The molecule has 0 aliphatic rings. The van der Waals surface area contributed by atoms with Crippen LogP contribution in [0.4, 0.5) is 10.6 Å². The van der Waals surface area contributed by atoms with Gasteiger partial charge in [0.15, 0.2) is 5.82 Å². The summed E-state index contributed by atoms with van der Waals surface area (Å²) in [5, 5.41) is 9.23. The lowest BCUT2D eigenvalue weighted by atomic mass is 9.87. The highest BCUT2D eigenvalue weighted by Crippen LogP contribution is 2.42. The van der Waals surface area contributed by atoms with Gasteiger partial charge in [-0.3, -0.25) is 9.52 Å². The predicted octanol–water partition coefficient (Wildman–Crippen LogP) is 5.03. The summed E-state index contributed by atoms with van der Waals surface area (Å²) < 4.78 is 55.1. The molecule has 3 rings (SSSR count). The van der Waals surface area contributed by atoms with Gasteiger partial charge in [-0.25, -0.2) is 13.2 Å². The first kappa shape index (κ1) is 31.2. The molecule has 0 radical (unpaired) electrons. The molecule has 0 spiro atoms. The molecule has 41 heavy (non-hydrogen) atoms. The summed E-state index contributed by atoms with van der Waals surface area (Å²) in [6.45, 7) is 6.66. The van der Waals surface area contributed by atoms with E-state index in [2.05, 4.69) is 19.4 Å². The fourth-order valence-corrected chi connectivity index (χ4v) is 4.40. The third-order valence-electron chi connectivity index (χ3n) is 5.23. The maximum atomic E-state index is 13.4. The van der Waals surface area contributed by atoms with Crippen LogP contribution < -0.4 is 23.7 Å². The minimum atomic E-state index is -4.32. The van der Waals surface area contributed by atoms with E-state index < -0.39 is 45.6 Å². The van der Waals surface area contributed by atoms with Crippen molar-refractivity contribution in [3.05, 3.63) is 53.1 Å². The van der Waals surface area contributed by atoms with Crippen molar-refractivity contribution < 1.29 is 46.8 Å². The molecular formula is C26H28ClN3O10S. The second-order valence-corrected chi connectivity index (χ2v) is 11.4. The number of rotatable bonds is 11. The van der Waals surface area contributed by atoms with E-state index in [-0.39, 0.29) is 34.3 Å². The van der Waals surface area contributed by atoms with Crippen LogP contribution in [0.15, 0.2) is 47.4 Å². The van der Waals surface area contributed by atoms with Crippen LogP contribution in [0.5, 0.6) is 29.1 Å². The molecule has 0 saturated carbocycles. The largest absolute Gasteiger partial charge is 0.513 e. The predicted molar refractivity (Wildman–Crippen MR) is 147 cm³/mol. The van der Waals surface area contributed by atoms with Crippen molar-refractivity contribution in [1.29, 1.82) is 0 Å². The fourth-order valence-electron chi connectivity index (χ4n) is 3.24. The molecule has 0 aliphatic carbocycles. The first-order chi connectivity index (χ1) is 19.2. The molecule has 1 heterocycles. The smallest absolute Gasteiger partial charge is 0.497 e. The van der Waals surface area contributed by atoms with Gasteiger partial charge in [0.05, 0.1) is 17.0 Å². The average molecular weight is 610 g/mol. The van der Waals surface area contributed by atoms with Crippen molar-refractivity contribution in [2.24, 2.45) is 0 Å². The number of carboxylic acid groups (broad SMARTS) is 1.